The van der Waals surface area contributed by atoms with E-state index in [1.807, 2.05) is 58.9 Å². The van der Waals surface area contributed by atoms with E-state index in [1.165, 1.54) is 30.3 Å². The molecule has 0 aromatic heterocycles. The summed E-state index contributed by atoms with van der Waals surface area (Å²) in [5.41, 5.74) is 20.1. The predicted octanol–water partition coefficient (Wildman–Crippen LogP) is 18.0. The number of carbonyl (C=O) groups excluding carboxylic acids is 6. The minimum absolute atomic E-state index is 0. The molecule has 0 bridgehead atoms. The Kier molecular flexibility index (Phi) is 54.6. The molecule has 0 amide bonds. The van der Waals surface area contributed by atoms with Gasteiger partial charge in [-0.2, -0.15) is 34.7 Å². The lowest BCUT2D eigenvalue weighted by molar-refractivity contribution is -0.158. The van der Waals surface area contributed by atoms with E-state index < -0.39 is 97.6 Å². The van der Waals surface area contributed by atoms with Crippen molar-refractivity contribution in [2.75, 3.05) is 47.6 Å². The van der Waals surface area contributed by atoms with Crippen LogP contribution >= 0.6 is 11.6 Å². The van der Waals surface area contributed by atoms with Gasteiger partial charge < -0.3 is 70.7 Å². The summed E-state index contributed by atoms with van der Waals surface area (Å²) in [6, 6.07) is 37.5. The van der Waals surface area contributed by atoms with Gasteiger partial charge in [-0.05, 0) is 288 Å². The van der Waals surface area contributed by atoms with E-state index in [0.717, 1.165) is 39.2 Å². The van der Waals surface area contributed by atoms with Gasteiger partial charge in [0.2, 0.25) is 0 Å². The van der Waals surface area contributed by atoms with Crippen LogP contribution in [0.15, 0.2) is 125 Å². The number of carbonyl (C=O) groups is 8. The first kappa shape index (κ1) is 121. The van der Waals surface area contributed by atoms with Crippen LogP contribution in [0.3, 0.4) is 0 Å². The molecule has 0 unspecified atom stereocenters. The van der Waals surface area contributed by atoms with Gasteiger partial charge in [-0.15, -0.1) is 0 Å². The van der Waals surface area contributed by atoms with Gasteiger partial charge in [-0.1, -0.05) is 51.5 Å². The molecule has 36 heteroatoms. The maximum absolute atomic E-state index is 12.6. The molecular weight excluding hydrogens is 1720 g/mol. The minimum Gasteiger partial charge on any atom is -0.480 e. The fraction of sp³-hybridized carbons (Fsp3) is 0.479. The van der Waals surface area contributed by atoms with Crippen molar-refractivity contribution in [3.63, 3.8) is 0 Å². The highest BCUT2D eigenvalue weighted by Crippen LogP contribution is 2.25. The number of aryl methyl sites for hydroxylation is 6. The zero-order chi connectivity index (χ0) is 98.4. The van der Waals surface area contributed by atoms with E-state index in [4.69, 9.17) is 82.1 Å². The number of rotatable bonds is 29. The second kappa shape index (κ2) is 58.5. The Morgan fingerprint density at radius 3 is 1.07 bits per heavy atom. The van der Waals surface area contributed by atoms with Crippen molar-refractivity contribution >= 4 is 91.7 Å². The molecule has 33 nitrogen and oxygen atoms in total. The number of aliphatic hydroxyl groups excluding tert-OH is 1. The molecule has 6 aromatic carbocycles. The van der Waals surface area contributed by atoms with Crippen LogP contribution < -0.4 is 27.0 Å². The summed E-state index contributed by atoms with van der Waals surface area (Å²) in [5, 5.41) is 86.9. The number of hydrogen-bond donors (Lipinski definition) is 8. The van der Waals surface area contributed by atoms with Gasteiger partial charge in [0.1, 0.15) is 45.9 Å². The topological polar surface area (TPSA) is 538 Å². The molecule has 0 fully saturated rings. The van der Waals surface area contributed by atoms with Gasteiger partial charge >= 0.3 is 47.2 Å². The lowest BCUT2D eigenvalue weighted by Gasteiger charge is -2.23. The van der Waals surface area contributed by atoms with Crippen LogP contribution in [0, 0.1) is 110 Å². The highest BCUT2D eigenvalue weighted by Gasteiger charge is 2.29. The summed E-state index contributed by atoms with van der Waals surface area (Å²) in [7, 11) is -3.99. The van der Waals surface area contributed by atoms with Gasteiger partial charge in [0.05, 0.1) is 127 Å². The van der Waals surface area contributed by atoms with Crippen LogP contribution in [0.2, 0.25) is 0 Å². The van der Waals surface area contributed by atoms with Gasteiger partial charge in [0.25, 0.3) is 10.1 Å². The van der Waals surface area contributed by atoms with Crippen LogP contribution in [0.1, 0.15) is 226 Å². The number of aliphatic hydroxyl groups is 1. The maximum Gasteiger partial charge on any atom is 0.403 e. The summed E-state index contributed by atoms with van der Waals surface area (Å²) in [6.45, 7) is 41.1. The number of halogens is 2. The van der Waals surface area contributed by atoms with Crippen molar-refractivity contribution in [2.24, 2.45) is 16.8 Å². The number of anilines is 4. The number of aliphatic carboxylic acids is 2. The Labute approximate surface area is 769 Å². The van der Waals surface area contributed by atoms with E-state index in [1.54, 1.807) is 197 Å². The molecule has 0 saturated heterocycles. The lowest BCUT2D eigenvalue weighted by Crippen LogP contribution is -2.35. The second-order valence-corrected chi connectivity index (χ2v) is 36.1. The van der Waals surface area contributed by atoms with Crippen LogP contribution in [0.5, 0.6) is 0 Å². The molecule has 0 aliphatic heterocycles. The Hall–Kier alpha value is -12.9. The third-order valence-corrected chi connectivity index (χ3v) is 17.1. The largest absolute Gasteiger partial charge is 0.480 e. The third kappa shape index (κ3) is 55.6. The number of nitrogens with zero attached hydrogens (tertiary/aromatic N) is 8. The van der Waals surface area contributed by atoms with E-state index in [0.29, 0.717) is 57.3 Å². The number of esters is 5. The molecule has 0 aliphatic rings. The molecule has 0 saturated carbocycles. The van der Waals surface area contributed by atoms with E-state index >= 15 is 0 Å². The standard InChI is InChI=1S/C23H28N2O5S.C16H21N5O2.C16H20N2O4.C16H22N2O3.C8H6FN.C8H15NO4.C5H9ClO2.2CH4/c1-16-6-10-21(11-7-16)31(27,28)29-15-20(13-22(26)30-23(3,4)5)25-19-9-8-18(14-24)17(2)12-19;1-11-7-13(6-5-12(11)9-17)20-14(10-19-21-18)8-15(22)23-16(2,3)4;1-10-7-12(6-5-11(10)9-17)18-13(15(20)21)8-14(19)22-16(2,3)4;1-11-7-13(6-5-12(11)9-17)18-14(10-19)8-15(20)21-16(2,3)4;1-6-4-8(9)3-2-7(6)5-10;1-8(2,3)13-6(10)4-5(9)7(11)12;1-4(2)3-8-5(6)7;;/h6-12,20,25H,13,15H2,1-5H3;5-7,14,20H,8,10H2,1-4H3;5-7,13,18H,8H2,1-4H3,(H,20,21);5-7,14,18-19H,8,10H2,1-4H3;2-4H,1H3;5H,4,9H2,1-3H3,(H,11,12);4H,3H2,1-2H3;2*1H4/t20-;14-;13-;14-;;5-;;;/m0000.0.../s1. The van der Waals surface area contributed by atoms with E-state index in [-0.39, 0.29) is 95.4 Å². The number of nitrogens with one attached hydrogen (secondary N) is 4. The molecule has 130 heavy (non-hydrogen) atoms. The molecule has 5 atom stereocenters. The highest BCUT2D eigenvalue weighted by molar-refractivity contribution is 7.86. The van der Waals surface area contributed by atoms with Crippen LogP contribution in [-0.4, -0.2) is 156 Å². The van der Waals surface area contributed by atoms with Crippen molar-refractivity contribution in [3.05, 3.63) is 193 Å². The molecule has 6 aromatic rings. The monoisotopic (exact) mass is 1850 g/mol. The first-order valence-corrected chi connectivity index (χ1v) is 41.8. The van der Waals surface area contributed by atoms with E-state index in [9.17, 15) is 61.4 Å². The van der Waals surface area contributed by atoms with Gasteiger partial charge in [-0.25, -0.2) is 14.0 Å². The number of carboxylic acid groups (broad SMARTS) is 2. The summed E-state index contributed by atoms with van der Waals surface area (Å²) >= 11 is 4.86. The quantitative estimate of drug-likeness (QED) is 0.00411. The van der Waals surface area contributed by atoms with Crippen molar-refractivity contribution in [3.8, 4) is 30.3 Å². The first-order chi connectivity index (χ1) is 59.1. The summed E-state index contributed by atoms with van der Waals surface area (Å²) in [5.74, 6) is -4.67. The molecule has 0 spiro atoms. The maximum atomic E-state index is 12.6. The fourth-order valence-electron chi connectivity index (χ4n) is 10.1. The zero-order valence-corrected chi connectivity index (χ0v) is 78.5. The molecule has 0 heterocycles. The fourth-order valence-corrected chi connectivity index (χ4v) is 11.1. The predicted molar refractivity (Wildman–Crippen MR) is 496 cm³/mol. The number of benzene rings is 6. The summed E-state index contributed by atoms with van der Waals surface area (Å²) < 4.78 is 73.1. The smallest absolute Gasteiger partial charge is 0.403 e. The van der Waals surface area contributed by atoms with Crippen molar-refractivity contribution < 1.29 is 99.1 Å². The molecular formula is C94H129ClFN13O20S. The van der Waals surface area contributed by atoms with E-state index in [2.05, 4.69) is 54.2 Å². The molecule has 9 N–H and O–H groups in total. The number of carboxylic acids is 2. The third-order valence-electron chi connectivity index (χ3n) is 15.7. The lowest BCUT2D eigenvalue weighted by atomic mass is 10.1. The number of ether oxygens (including phenoxy) is 6. The second-order valence-electron chi connectivity index (χ2n) is 34.2. The Balaban J connectivity index is -0.00000150. The van der Waals surface area contributed by atoms with Crippen molar-refractivity contribution in [1.82, 2.24) is 0 Å². The zero-order valence-electron chi connectivity index (χ0n) is 76.9. The minimum atomic E-state index is -3.99. The highest BCUT2D eigenvalue weighted by atomic mass is 35.5. The average Bonchev–Trinajstić information content (AvgIpc) is 0.828. The number of azide groups is 1. The summed E-state index contributed by atoms with van der Waals surface area (Å²) in [6.07, 6.45) is -0.528. The molecule has 710 valence electrons. The first-order valence-electron chi connectivity index (χ1n) is 40.1. The molecule has 6 rings (SSSR count). The number of nitrogens with two attached hydrogens (primary N) is 1. The summed E-state index contributed by atoms with van der Waals surface area (Å²) in [4.78, 5) is 93.1. The van der Waals surface area contributed by atoms with Crippen molar-refractivity contribution in [1.29, 1.82) is 26.3 Å². The van der Waals surface area contributed by atoms with Gasteiger partial charge in [0, 0.05) is 51.8 Å². The Bertz CT molecular complexity index is 5090. The van der Waals surface area contributed by atoms with Crippen LogP contribution in [0.25, 0.3) is 10.4 Å². The normalized spacial score (nSPS) is 11.8. The Morgan fingerprint density at radius 1 is 0.469 bits per heavy atom. The molecule has 0 aliphatic carbocycles. The SMILES string of the molecule is C.C.CC(C)(C)OC(=O)C[C@H](N)C(=O)O.CC(C)COC(=O)Cl.Cc1cc(F)ccc1C#N.Cc1cc(N[C@@H](CC(=O)OC(C)(C)C)C(=O)O)ccc1C#N.Cc1cc(N[C@H](CN=[N+]=[N-])CC(=O)OC(C)(C)C)ccc1C#N.Cc1cc(N[C@H](CO)CC(=O)OC(C)(C)C)ccc1C#N.Cc1ccc(S(=O)(=O)OC[C@H](CC(=O)OC(C)(C)C)Nc2ccc(C#N)c(C)c2)cc1. The average molecular weight is 1850 g/mol. The van der Waals surface area contributed by atoms with Gasteiger partial charge in [-0.3, -0.25) is 33.0 Å². The van der Waals surface area contributed by atoms with Crippen molar-refractivity contribution in [2.45, 2.75) is 269 Å². The number of hydrogen-bond acceptors (Lipinski definition) is 29. The van der Waals surface area contributed by atoms with Crippen LogP contribution in [-0.2, 0) is 76.3 Å². The molecule has 0 radical (unpaired) electrons. The number of nitriles is 5. The Morgan fingerprint density at radius 2 is 0.777 bits per heavy atom. The van der Waals surface area contributed by atoms with Gasteiger partial charge in [0.15, 0.2) is 0 Å². The van der Waals surface area contributed by atoms with Crippen LogP contribution in [0.4, 0.5) is 31.9 Å².